The molecule has 104 valence electrons. The number of benzene rings is 1. The van der Waals surface area contributed by atoms with Gasteiger partial charge in [0.05, 0.1) is 0 Å². The zero-order chi connectivity index (χ0) is 14.5. The van der Waals surface area contributed by atoms with Crippen LogP contribution in [0.4, 0.5) is 0 Å². The molecule has 7 nitrogen and oxygen atoms in total. The topological polar surface area (TPSA) is 102 Å². The normalized spacial score (nSPS) is 11.7. The molecule has 2 amide bonds. The summed E-state index contributed by atoms with van der Waals surface area (Å²) in [7, 11) is 1.52. The summed E-state index contributed by atoms with van der Waals surface area (Å²) in [5, 5.41) is 6.59. The molecule has 4 N–H and O–H groups in total. The van der Waals surface area contributed by atoms with Crippen molar-refractivity contribution in [1.82, 2.24) is 20.5 Å². The summed E-state index contributed by atoms with van der Waals surface area (Å²) in [6, 6.07) is 9.88. The Kier molecular flexibility index (Phi) is 4.11. The van der Waals surface area contributed by atoms with Crippen LogP contribution in [0, 0.1) is 0 Å². The van der Waals surface area contributed by atoms with Gasteiger partial charge in [-0.15, -0.1) is 0 Å². The van der Waals surface area contributed by atoms with E-state index in [-0.39, 0.29) is 11.6 Å². The molecule has 0 spiro atoms. The molecule has 1 aromatic carbocycles. The van der Waals surface area contributed by atoms with Crippen molar-refractivity contribution in [3.05, 3.63) is 53.9 Å². The predicted molar refractivity (Wildman–Crippen MR) is 72.5 cm³/mol. The summed E-state index contributed by atoms with van der Waals surface area (Å²) < 4.78 is 1.40. The molecule has 1 atom stereocenters. The number of nitrogens with two attached hydrogens (primary N) is 1. The van der Waals surface area contributed by atoms with Crippen LogP contribution in [0.15, 0.2) is 42.6 Å². The second kappa shape index (κ2) is 5.98. The number of carbonyl (C=O) groups excluding carboxylic acids is 2. The van der Waals surface area contributed by atoms with Crippen LogP contribution in [0.3, 0.4) is 0 Å². The second-order valence-electron chi connectivity index (χ2n) is 4.08. The Labute approximate surface area is 115 Å². The van der Waals surface area contributed by atoms with E-state index in [0.717, 1.165) is 5.56 Å². The van der Waals surface area contributed by atoms with Crippen molar-refractivity contribution in [2.45, 2.75) is 6.04 Å². The van der Waals surface area contributed by atoms with Crippen LogP contribution in [-0.4, -0.2) is 28.6 Å². The van der Waals surface area contributed by atoms with Crippen molar-refractivity contribution in [2.24, 2.45) is 5.84 Å². The van der Waals surface area contributed by atoms with Crippen LogP contribution in [0.2, 0.25) is 0 Å². The predicted octanol–water partition coefficient (Wildman–Crippen LogP) is -0.178. The molecule has 0 aliphatic heterocycles. The average molecular weight is 273 g/mol. The minimum Gasteiger partial charge on any atom is -0.354 e. The molecule has 0 radical (unpaired) electrons. The van der Waals surface area contributed by atoms with Crippen molar-refractivity contribution in [3.63, 3.8) is 0 Å². The number of rotatable bonds is 4. The van der Waals surface area contributed by atoms with Gasteiger partial charge in [0, 0.05) is 13.2 Å². The molecule has 0 fully saturated rings. The highest BCUT2D eigenvalue weighted by Crippen LogP contribution is 2.17. The van der Waals surface area contributed by atoms with Gasteiger partial charge in [-0.25, -0.2) is 5.84 Å². The fourth-order valence-electron chi connectivity index (χ4n) is 1.87. The maximum Gasteiger partial charge on any atom is 0.271 e. The minimum atomic E-state index is -0.723. The van der Waals surface area contributed by atoms with Crippen LogP contribution in [-0.2, 0) is 4.79 Å². The van der Waals surface area contributed by atoms with Gasteiger partial charge in [-0.05, 0) is 11.6 Å². The molecular weight excluding hydrogens is 258 g/mol. The van der Waals surface area contributed by atoms with Crippen LogP contribution in [0.1, 0.15) is 22.1 Å². The van der Waals surface area contributed by atoms with Gasteiger partial charge in [0.25, 0.3) is 11.8 Å². The van der Waals surface area contributed by atoms with Crippen molar-refractivity contribution in [2.75, 3.05) is 7.05 Å². The Balaban J connectivity index is 2.40. The lowest BCUT2D eigenvalue weighted by Gasteiger charge is -2.16. The molecule has 7 heteroatoms. The molecule has 0 saturated heterocycles. The van der Waals surface area contributed by atoms with E-state index in [4.69, 9.17) is 5.84 Å². The van der Waals surface area contributed by atoms with E-state index in [1.807, 2.05) is 18.2 Å². The zero-order valence-electron chi connectivity index (χ0n) is 10.9. The van der Waals surface area contributed by atoms with E-state index in [2.05, 4.69) is 15.8 Å². The fraction of sp³-hybridized carbons (Fsp3) is 0.154. The lowest BCUT2D eigenvalue weighted by molar-refractivity contribution is -0.123. The zero-order valence-corrected chi connectivity index (χ0v) is 10.9. The van der Waals surface area contributed by atoms with E-state index in [1.165, 1.54) is 11.7 Å². The Morgan fingerprint density at radius 3 is 2.55 bits per heavy atom. The summed E-state index contributed by atoms with van der Waals surface area (Å²) in [6.07, 6.45) is 1.57. The van der Waals surface area contributed by atoms with Crippen molar-refractivity contribution < 1.29 is 9.59 Å². The van der Waals surface area contributed by atoms with Crippen molar-refractivity contribution >= 4 is 11.8 Å². The molecule has 2 rings (SSSR count). The molecular formula is C13H15N5O2. The van der Waals surface area contributed by atoms with Gasteiger partial charge in [-0.2, -0.15) is 5.10 Å². The Morgan fingerprint density at radius 2 is 1.95 bits per heavy atom. The summed E-state index contributed by atoms with van der Waals surface area (Å²) >= 11 is 0. The maximum atomic E-state index is 12.0. The summed E-state index contributed by atoms with van der Waals surface area (Å²) in [6.45, 7) is 0. The molecule has 1 aromatic heterocycles. The van der Waals surface area contributed by atoms with Gasteiger partial charge in [-0.3, -0.25) is 19.7 Å². The smallest absolute Gasteiger partial charge is 0.271 e. The third-order valence-corrected chi connectivity index (χ3v) is 2.84. The number of carbonyl (C=O) groups is 2. The lowest BCUT2D eigenvalue weighted by Crippen LogP contribution is -2.38. The third-order valence-electron chi connectivity index (χ3n) is 2.84. The average Bonchev–Trinajstić information content (AvgIpc) is 2.97. The van der Waals surface area contributed by atoms with Crippen LogP contribution in [0.25, 0.3) is 0 Å². The van der Waals surface area contributed by atoms with Crippen LogP contribution >= 0.6 is 0 Å². The molecule has 0 aliphatic carbocycles. The van der Waals surface area contributed by atoms with Gasteiger partial charge in [0.1, 0.15) is 5.69 Å². The van der Waals surface area contributed by atoms with Gasteiger partial charge in [-0.1, -0.05) is 30.3 Å². The number of hydrazine groups is 1. The Bertz CT molecular complexity index is 608. The maximum absolute atomic E-state index is 12.0. The number of hydrogen-bond acceptors (Lipinski definition) is 4. The summed E-state index contributed by atoms with van der Waals surface area (Å²) in [4.78, 5) is 23.5. The summed E-state index contributed by atoms with van der Waals surface area (Å²) in [5.41, 5.74) is 3.07. The van der Waals surface area contributed by atoms with E-state index in [0.29, 0.717) is 0 Å². The standard InChI is InChI=1S/C13H15N5O2/c1-15-12(19)10-7-8-18(17-10)11(13(20)16-14)9-5-3-2-4-6-9/h2-8,11H,14H2,1H3,(H,15,19)(H,16,20). The quantitative estimate of drug-likeness (QED) is 0.408. The van der Waals surface area contributed by atoms with Crippen LogP contribution < -0.4 is 16.6 Å². The Morgan fingerprint density at radius 1 is 1.25 bits per heavy atom. The van der Waals surface area contributed by atoms with Gasteiger partial charge in [0.15, 0.2) is 6.04 Å². The van der Waals surface area contributed by atoms with Crippen molar-refractivity contribution in [3.8, 4) is 0 Å². The molecule has 1 heterocycles. The SMILES string of the molecule is CNC(=O)c1ccn(C(C(=O)NN)c2ccccc2)n1. The number of amides is 2. The first-order chi connectivity index (χ1) is 9.67. The first-order valence-electron chi connectivity index (χ1n) is 6.00. The number of hydrogen-bond donors (Lipinski definition) is 3. The lowest BCUT2D eigenvalue weighted by atomic mass is 10.1. The molecule has 20 heavy (non-hydrogen) atoms. The largest absolute Gasteiger partial charge is 0.354 e. The first kappa shape index (κ1) is 13.8. The van der Waals surface area contributed by atoms with E-state index < -0.39 is 11.9 Å². The highest BCUT2D eigenvalue weighted by Gasteiger charge is 2.23. The molecule has 2 aromatic rings. The van der Waals surface area contributed by atoms with E-state index >= 15 is 0 Å². The fourth-order valence-corrected chi connectivity index (χ4v) is 1.87. The molecule has 0 bridgehead atoms. The molecule has 0 saturated carbocycles. The van der Waals surface area contributed by atoms with E-state index in [9.17, 15) is 9.59 Å². The van der Waals surface area contributed by atoms with Crippen molar-refractivity contribution in [1.29, 1.82) is 0 Å². The van der Waals surface area contributed by atoms with Gasteiger partial charge in [0.2, 0.25) is 0 Å². The van der Waals surface area contributed by atoms with Gasteiger partial charge < -0.3 is 5.32 Å². The monoisotopic (exact) mass is 273 g/mol. The second-order valence-corrected chi connectivity index (χ2v) is 4.08. The van der Waals surface area contributed by atoms with E-state index in [1.54, 1.807) is 24.4 Å². The first-order valence-corrected chi connectivity index (χ1v) is 6.00. The molecule has 1 unspecified atom stereocenters. The number of nitrogens with one attached hydrogen (secondary N) is 2. The number of aromatic nitrogens is 2. The highest BCUT2D eigenvalue weighted by molar-refractivity contribution is 5.92. The third kappa shape index (κ3) is 2.67. The summed E-state index contributed by atoms with van der Waals surface area (Å²) in [5.74, 6) is 4.49. The highest BCUT2D eigenvalue weighted by atomic mass is 16.2. The van der Waals surface area contributed by atoms with Crippen LogP contribution in [0.5, 0.6) is 0 Å². The minimum absolute atomic E-state index is 0.234. The Hall–Kier alpha value is -2.67. The number of nitrogens with zero attached hydrogens (tertiary/aromatic N) is 2. The van der Waals surface area contributed by atoms with Gasteiger partial charge >= 0.3 is 0 Å². The molecule has 0 aliphatic rings.